The average molecular weight is 372 g/mol. The number of nitrogens with zero attached hydrogens (tertiary/aromatic N) is 4. The second-order valence-electron chi connectivity index (χ2n) is 6.98. The van der Waals surface area contributed by atoms with Crippen LogP contribution >= 0.6 is 11.5 Å². The van der Waals surface area contributed by atoms with Crippen molar-refractivity contribution in [3.63, 3.8) is 0 Å². The number of benzene rings is 1. The molecular weight excluding hydrogens is 348 g/mol. The molecule has 2 aliphatic heterocycles. The van der Waals surface area contributed by atoms with Crippen molar-refractivity contribution in [1.82, 2.24) is 14.2 Å². The van der Waals surface area contributed by atoms with Gasteiger partial charge < -0.3 is 14.7 Å². The quantitative estimate of drug-likeness (QED) is 0.829. The van der Waals surface area contributed by atoms with Crippen molar-refractivity contribution in [3.05, 3.63) is 24.3 Å². The highest BCUT2D eigenvalue weighted by Crippen LogP contribution is 2.30. The number of anilines is 1. The molecule has 0 N–H and O–H groups in total. The summed E-state index contributed by atoms with van der Waals surface area (Å²) in [6.45, 7) is 6.30. The van der Waals surface area contributed by atoms with Crippen LogP contribution < -0.4 is 4.90 Å². The standard InChI is InChI=1S/C19H24N4O2S/c1-2-21-13-14(7-8-17(21)24)19(25)23-11-9-22(10-12-23)18-15-5-3-4-6-16(15)26-20-18/h3-6,14H,2,7-13H2,1H3/t14-/m1/s1. The van der Waals surface area contributed by atoms with Crippen molar-refractivity contribution in [3.8, 4) is 0 Å². The maximum atomic E-state index is 12.9. The highest BCUT2D eigenvalue weighted by molar-refractivity contribution is 7.13. The summed E-state index contributed by atoms with van der Waals surface area (Å²) in [5, 5.41) is 1.20. The van der Waals surface area contributed by atoms with Crippen LogP contribution in [0.15, 0.2) is 24.3 Å². The van der Waals surface area contributed by atoms with Crippen LogP contribution in [0.25, 0.3) is 10.1 Å². The molecule has 138 valence electrons. The molecule has 2 fully saturated rings. The van der Waals surface area contributed by atoms with Gasteiger partial charge in [-0.15, -0.1) is 0 Å². The number of carbonyl (C=O) groups is 2. The fourth-order valence-corrected chi connectivity index (χ4v) is 4.72. The third kappa shape index (κ3) is 3.16. The maximum absolute atomic E-state index is 12.9. The Morgan fingerprint density at radius 1 is 1.23 bits per heavy atom. The molecule has 6 nitrogen and oxygen atoms in total. The first-order valence-corrected chi connectivity index (χ1v) is 10.1. The number of hydrogen-bond donors (Lipinski definition) is 0. The number of piperidine rings is 1. The van der Waals surface area contributed by atoms with Crippen molar-refractivity contribution in [1.29, 1.82) is 0 Å². The van der Waals surface area contributed by atoms with E-state index in [0.717, 1.165) is 32.0 Å². The molecule has 0 bridgehead atoms. The summed E-state index contributed by atoms with van der Waals surface area (Å²) >= 11 is 1.53. The lowest BCUT2D eigenvalue weighted by Gasteiger charge is -2.39. The normalized spacial score (nSPS) is 21.5. The van der Waals surface area contributed by atoms with Crippen LogP contribution in [0.3, 0.4) is 0 Å². The molecular formula is C19H24N4O2S. The number of aromatic nitrogens is 1. The molecule has 4 rings (SSSR count). The van der Waals surface area contributed by atoms with Crippen molar-refractivity contribution in [2.75, 3.05) is 44.2 Å². The Labute approximate surface area is 157 Å². The Balaban J connectivity index is 1.39. The van der Waals surface area contributed by atoms with Gasteiger partial charge in [0.15, 0.2) is 0 Å². The SMILES string of the molecule is CCN1C[C@H](C(=O)N2CCN(c3nsc4ccccc34)CC2)CCC1=O. The van der Waals surface area contributed by atoms with Gasteiger partial charge in [-0.1, -0.05) is 12.1 Å². The average Bonchev–Trinajstić information content (AvgIpc) is 3.12. The van der Waals surface area contributed by atoms with E-state index in [1.54, 1.807) is 0 Å². The van der Waals surface area contributed by atoms with Gasteiger partial charge in [0, 0.05) is 51.1 Å². The molecule has 26 heavy (non-hydrogen) atoms. The second kappa shape index (κ2) is 7.23. The van der Waals surface area contributed by atoms with Crippen molar-refractivity contribution in [2.45, 2.75) is 19.8 Å². The predicted molar refractivity (Wildman–Crippen MR) is 103 cm³/mol. The van der Waals surface area contributed by atoms with Gasteiger partial charge in [-0.3, -0.25) is 9.59 Å². The zero-order valence-corrected chi connectivity index (χ0v) is 15.9. The largest absolute Gasteiger partial charge is 0.352 e. The third-order valence-electron chi connectivity index (χ3n) is 5.48. The van der Waals surface area contributed by atoms with Gasteiger partial charge in [0.2, 0.25) is 11.8 Å². The minimum atomic E-state index is -0.0423. The monoisotopic (exact) mass is 372 g/mol. The van der Waals surface area contributed by atoms with Gasteiger partial charge in [0.05, 0.1) is 10.6 Å². The zero-order chi connectivity index (χ0) is 18.1. The van der Waals surface area contributed by atoms with E-state index in [4.69, 9.17) is 0 Å². The summed E-state index contributed by atoms with van der Waals surface area (Å²) in [6.07, 6.45) is 1.18. The molecule has 2 aliphatic rings. The van der Waals surface area contributed by atoms with Crippen LogP contribution in [0.5, 0.6) is 0 Å². The first-order chi connectivity index (χ1) is 12.7. The maximum Gasteiger partial charge on any atom is 0.227 e. The van der Waals surface area contributed by atoms with E-state index >= 15 is 0 Å². The summed E-state index contributed by atoms with van der Waals surface area (Å²) in [4.78, 5) is 30.8. The number of likely N-dealkylation sites (tertiary alicyclic amines) is 1. The van der Waals surface area contributed by atoms with Crippen LogP contribution in [-0.2, 0) is 9.59 Å². The van der Waals surface area contributed by atoms with E-state index in [2.05, 4.69) is 21.4 Å². The zero-order valence-electron chi connectivity index (χ0n) is 15.1. The molecule has 1 aromatic carbocycles. The predicted octanol–water partition coefficient (Wildman–Crippen LogP) is 2.20. The lowest BCUT2D eigenvalue weighted by Crippen LogP contribution is -2.53. The van der Waals surface area contributed by atoms with Crippen molar-refractivity contribution < 1.29 is 9.59 Å². The minimum Gasteiger partial charge on any atom is -0.352 e. The molecule has 3 heterocycles. The first kappa shape index (κ1) is 17.3. The van der Waals surface area contributed by atoms with Gasteiger partial charge in [-0.05, 0) is 37.0 Å². The summed E-state index contributed by atoms with van der Waals surface area (Å²) in [7, 11) is 0. The first-order valence-electron chi connectivity index (χ1n) is 9.33. The van der Waals surface area contributed by atoms with E-state index < -0.39 is 0 Å². The van der Waals surface area contributed by atoms with Crippen LogP contribution in [0.1, 0.15) is 19.8 Å². The highest BCUT2D eigenvalue weighted by Gasteiger charge is 2.33. The molecule has 1 aromatic heterocycles. The molecule has 2 aromatic rings. The van der Waals surface area contributed by atoms with Gasteiger partial charge in [0.25, 0.3) is 0 Å². The van der Waals surface area contributed by atoms with Gasteiger partial charge >= 0.3 is 0 Å². The molecule has 1 atom stereocenters. The van der Waals surface area contributed by atoms with E-state index in [9.17, 15) is 9.59 Å². The van der Waals surface area contributed by atoms with Gasteiger partial charge in [-0.2, -0.15) is 4.37 Å². The van der Waals surface area contributed by atoms with Crippen LogP contribution in [0, 0.1) is 5.92 Å². The summed E-state index contributed by atoms with van der Waals surface area (Å²) in [6, 6.07) is 8.30. The highest BCUT2D eigenvalue weighted by atomic mass is 32.1. The fourth-order valence-electron chi connectivity index (χ4n) is 3.92. The number of rotatable bonds is 3. The molecule has 0 aliphatic carbocycles. The van der Waals surface area contributed by atoms with Crippen molar-refractivity contribution in [2.24, 2.45) is 5.92 Å². The third-order valence-corrected chi connectivity index (χ3v) is 6.30. The summed E-state index contributed by atoms with van der Waals surface area (Å²) < 4.78 is 5.83. The Bertz CT molecular complexity index is 813. The van der Waals surface area contributed by atoms with Gasteiger partial charge in [-0.25, -0.2) is 0 Å². The number of piperazine rings is 1. The Morgan fingerprint density at radius 3 is 2.77 bits per heavy atom. The fraction of sp³-hybridized carbons (Fsp3) is 0.526. The molecule has 0 spiro atoms. The molecule has 7 heteroatoms. The van der Waals surface area contributed by atoms with E-state index in [1.807, 2.05) is 28.9 Å². The van der Waals surface area contributed by atoms with E-state index in [1.165, 1.54) is 21.6 Å². The lowest BCUT2D eigenvalue weighted by molar-refractivity contribution is -0.143. The lowest BCUT2D eigenvalue weighted by atomic mass is 9.95. The smallest absolute Gasteiger partial charge is 0.227 e. The molecule has 2 saturated heterocycles. The molecule has 2 amide bonds. The number of fused-ring (bicyclic) bond motifs is 1. The minimum absolute atomic E-state index is 0.0423. The van der Waals surface area contributed by atoms with Crippen LogP contribution in [0.4, 0.5) is 5.82 Å². The van der Waals surface area contributed by atoms with Crippen LogP contribution in [0.2, 0.25) is 0 Å². The van der Waals surface area contributed by atoms with Gasteiger partial charge in [0.1, 0.15) is 5.82 Å². The Hall–Kier alpha value is -2.15. The van der Waals surface area contributed by atoms with E-state index in [0.29, 0.717) is 25.9 Å². The van der Waals surface area contributed by atoms with E-state index in [-0.39, 0.29) is 17.7 Å². The number of amides is 2. The second-order valence-corrected chi connectivity index (χ2v) is 7.79. The molecule has 0 saturated carbocycles. The molecule has 0 radical (unpaired) electrons. The van der Waals surface area contributed by atoms with Crippen molar-refractivity contribution >= 4 is 39.3 Å². The van der Waals surface area contributed by atoms with Crippen LogP contribution in [-0.4, -0.2) is 65.3 Å². The summed E-state index contributed by atoms with van der Waals surface area (Å²) in [5.74, 6) is 1.38. The number of carbonyl (C=O) groups excluding carboxylic acids is 2. The summed E-state index contributed by atoms with van der Waals surface area (Å²) in [5.41, 5.74) is 0. The Morgan fingerprint density at radius 2 is 2.00 bits per heavy atom. The molecule has 0 unspecified atom stereocenters. The Kier molecular flexibility index (Phi) is 4.80. The topological polar surface area (TPSA) is 56.8 Å². The number of hydrogen-bond acceptors (Lipinski definition) is 5.